The number of carbonyl (C=O) groups excluding carboxylic acids is 1. The zero-order valence-electron chi connectivity index (χ0n) is 16.0. The van der Waals surface area contributed by atoms with Gasteiger partial charge in [0, 0.05) is 18.7 Å². The minimum Gasteiger partial charge on any atom is -0.481 e. The molecule has 1 N–H and O–H groups in total. The number of carbonyl (C=O) groups is 2. The normalized spacial score (nSPS) is 22.3. The number of hydrogen-bond acceptors (Lipinski definition) is 4. The Kier molecular flexibility index (Phi) is 4.65. The molecule has 2 aliphatic heterocycles. The van der Waals surface area contributed by atoms with Gasteiger partial charge in [0.1, 0.15) is 0 Å². The highest BCUT2D eigenvalue weighted by Gasteiger charge is 2.51. The molecule has 2 aliphatic rings. The highest BCUT2D eigenvalue weighted by molar-refractivity contribution is 6.62. The maximum Gasteiger partial charge on any atom is 0.494 e. The van der Waals surface area contributed by atoms with Crippen LogP contribution in [0.25, 0.3) is 0 Å². The highest BCUT2D eigenvalue weighted by Crippen LogP contribution is 2.36. The summed E-state index contributed by atoms with van der Waals surface area (Å²) in [5, 5.41) is 9.07. The summed E-state index contributed by atoms with van der Waals surface area (Å²) >= 11 is 0. The van der Waals surface area contributed by atoms with Gasteiger partial charge in [0.2, 0.25) is 0 Å². The van der Waals surface area contributed by atoms with Crippen molar-refractivity contribution in [1.29, 1.82) is 0 Å². The second kappa shape index (κ2) is 6.39. The molecular weight excluding hydrogens is 333 g/mol. The molecule has 1 aromatic rings. The van der Waals surface area contributed by atoms with Crippen molar-refractivity contribution in [3.05, 3.63) is 29.3 Å². The van der Waals surface area contributed by atoms with Crippen LogP contribution in [-0.2, 0) is 20.5 Å². The molecule has 1 atom stereocenters. The SMILES string of the molecule is CC(CN1CCc2cc(B3OC(C)(C)C(C)(C)O3)ccc2C1=O)C(=O)O. The van der Waals surface area contributed by atoms with Gasteiger partial charge < -0.3 is 19.3 Å². The predicted molar refractivity (Wildman–Crippen MR) is 98.6 cm³/mol. The van der Waals surface area contributed by atoms with Gasteiger partial charge in [0.15, 0.2) is 0 Å². The largest absolute Gasteiger partial charge is 0.494 e. The van der Waals surface area contributed by atoms with Crippen LogP contribution in [0.5, 0.6) is 0 Å². The number of amides is 1. The number of rotatable bonds is 4. The molecule has 3 rings (SSSR count). The van der Waals surface area contributed by atoms with Crippen molar-refractivity contribution in [2.75, 3.05) is 13.1 Å². The van der Waals surface area contributed by atoms with Crippen LogP contribution in [-0.4, -0.2) is 53.3 Å². The van der Waals surface area contributed by atoms with Gasteiger partial charge in [0.05, 0.1) is 17.1 Å². The van der Waals surface area contributed by atoms with Crippen LogP contribution in [0.3, 0.4) is 0 Å². The van der Waals surface area contributed by atoms with Crippen molar-refractivity contribution >= 4 is 24.5 Å². The summed E-state index contributed by atoms with van der Waals surface area (Å²) < 4.78 is 12.2. The third-order valence-electron chi connectivity index (χ3n) is 5.74. The van der Waals surface area contributed by atoms with Crippen LogP contribution in [0.2, 0.25) is 0 Å². The molecule has 1 aromatic carbocycles. The topological polar surface area (TPSA) is 76.1 Å². The number of fused-ring (bicyclic) bond motifs is 1. The number of hydrogen-bond donors (Lipinski definition) is 1. The fraction of sp³-hybridized carbons (Fsp3) is 0.579. The summed E-state index contributed by atoms with van der Waals surface area (Å²) in [5.74, 6) is -1.58. The Bertz CT molecular complexity index is 729. The molecule has 0 aromatic heterocycles. The third-order valence-corrected chi connectivity index (χ3v) is 5.74. The van der Waals surface area contributed by atoms with Gasteiger partial charge >= 0.3 is 13.1 Å². The standard InChI is InChI=1S/C19H26BNO5/c1-12(17(23)24)11-21-9-8-13-10-14(6-7-15(13)16(21)22)20-25-18(2,3)19(4,5)26-20/h6-7,10,12H,8-9,11H2,1-5H3,(H,23,24). The van der Waals surface area contributed by atoms with E-state index in [2.05, 4.69) is 0 Å². The summed E-state index contributed by atoms with van der Waals surface area (Å²) in [6, 6.07) is 5.64. The predicted octanol–water partition coefficient (Wildman–Crippen LogP) is 1.70. The molecule has 2 heterocycles. The van der Waals surface area contributed by atoms with Crippen molar-refractivity contribution in [2.45, 2.75) is 52.2 Å². The lowest BCUT2D eigenvalue weighted by atomic mass is 9.77. The minimum absolute atomic E-state index is 0.111. The Balaban J connectivity index is 1.79. The van der Waals surface area contributed by atoms with Gasteiger partial charge in [-0.3, -0.25) is 9.59 Å². The van der Waals surface area contributed by atoms with Gasteiger partial charge in [-0.05, 0) is 51.2 Å². The quantitative estimate of drug-likeness (QED) is 0.829. The first-order valence-corrected chi connectivity index (χ1v) is 9.02. The van der Waals surface area contributed by atoms with Crippen molar-refractivity contribution in [3.63, 3.8) is 0 Å². The number of benzene rings is 1. The van der Waals surface area contributed by atoms with Gasteiger partial charge in [-0.1, -0.05) is 19.1 Å². The summed E-state index contributed by atoms with van der Waals surface area (Å²) in [6.45, 7) is 10.4. The Morgan fingerprint density at radius 2 is 1.88 bits per heavy atom. The van der Waals surface area contributed by atoms with Gasteiger partial charge in [-0.15, -0.1) is 0 Å². The third kappa shape index (κ3) is 3.26. The van der Waals surface area contributed by atoms with E-state index in [0.717, 1.165) is 11.0 Å². The summed E-state index contributed by atoms with van der Waals surface area (Å²) in [6.07, 6.45) is 0.695. The zero-order valence-corrected chi connectivity index (χ0v) is 16.0. The van der Waals surface area contributed by atoms with Crippen LogP contribution in [0, 0.1) is 5.92 Å². The van der Waals surface area contributed by atoms with E-state index in [4.69, 9.17) is 14.4 Å². The Morgan fingerprint density at radius 1 is 1.27 bits per heavy atom. The lowest BCUT2D eigenvalue weighted by Crippen LogP contribution is -2.42. The summed E-state index contributed by atoms with van der Waals surface area (Å²) in [5.41, 5.74) is 1.68. The Labute approximate surface area is 154 Å². The average molecular weight is 359 g/mol. The van der Waals surface area contributed by atoms with Crippen molar-refractivity contribution in [2.24, 2.45) is 5.92 Å². The molecule has 1 amide bonds. The van der Waals surface area contributed by atoms with Gasteiger partial charge in [-0.2, -0.15) is 0 Å². The molecule has 1 unspecified atom stereocenters. The number of aliphatic carboxylic acids is 1. The van der Waals surface area contributed by atoms with E-state index in [1.54, 1.807) is 17.9 Å². The monoisotopic (exact) mass is 359 g/mol. The van der Waals surface area contributed by atoms with E-state index in [0.29, 0.717) is 18.5 Å². The first-order chi connectivity index (χ1) is 12.0. The molecule has 0 aliphatic carbocycles. The molecule has 1 saturated heterocycles. The minimum atomic E-state index is -0.889. The van der Waals surface area contributed by atoms with Crippen LogP contribution < -0.4 is 5.46 Å². The Morgan fingerprint density at radius 3 is 2.46 bits per heavy atom. The Hall–Kier alpha value is -1.86. The van der Waals surface area contributed by atoms with Gasteiger partial charge in [0.25, 0.3) is 5.91 Å². The molecule has 26 heavy (non-hydrogen) atoms. The highest BCUT2D eigenvalue weighted by atomic mass is 16.7. The number of carboxylic acids is 1. The maximum atomic E-state index is 12.7. The maximum absolute atomic E-state index is 12.7. The van der Waals surface area contributed by atoms with E-state index >= 15 is 0 Å². The molecule has 0 saturated carbocycles. The van der Waals surface area contributed by atoms with Crippen LogP contribution in [0.4, 0.5) is 0 Å². The number of nitrogens with zero attached hydrogens (tertiary/aromatic N) is 1. The molecule has 0 bridgehead atoms. The first-order valence-electron chi connectivity index (χ1n) is 9.02. The molecule has 7 heteroatoms. The van der Waals surface area contributed by atoms with Crippen LogP contribution >= 0.6 is 0 Å². The molecule has 0 radical (unpaired) electrons. The lowest BCUT2D eigenvalue weighted by Gasteiger charge is -2.32. The van der Waals surface area contributed by atoms with Crippen molar-refractivity contribution in [3.8, 4) is 0 Å². The van der Waals surface area contributed by atoms with Crippen LogP contribution in [0.1, 0.15) is 50.5 Å². The van der Waals surface area contributed by atoms with Gasteiger partial charge in [-0.25, -0.2) is 0 Å². The molecule has 0 spiro atoms. The van der Waals surface area contributed by atoms with E-state index in [1.807, 2.05) is 39.8 Å². The number of carboxylic acid groups (broad SMARTS) is 1. The van der Waals surface area contributed by atoms with E-state index in [-0.39, 0.29) is 12.5 Å². The van der Waals surface area contributed by atoms with Crippen LogP contribution in [0.15, 0.2) is 18.2 Å². The lowest BCUT2D eigenvalue weighted by molar-refractivity contribution is -0.141. The smallest absolute Gasteiger partial charge is 0.481 e. The zero-order chi connectivity index (χ0) is 19.3. The summed E-state index contributed by atoms with van der Waals surface area (Å²) in [4.78, 5) is 25.4. The average Bonchev–Trinajstić information content (AvgIpc) is 2.77. The fourth-order valence-corrected chi connectivity index (χ4v) is 3.27. The first kappa shape index (κ1) is 18.9. The van der Waals surface area contributed by atoms with E-state index in [9.17, 15) is 9.59 Å². The molecular formula is C19H26BNO5. The molecule has 6 nitrogen and oxygen atoms in total. The summed E-state index contributed by atoms with van der Waals surface area (Å²) in [7, 11) is -0.453. The fourth-order valence-electron chi connectivity index (χ4n) is 3.27. The van der Waals surface area contributed by atoms with Crippen molar-refractivity contribution < 1.29 is 24.0 Å². The van der Waals surface area contributed by atoms with E-state index < -0.39 is 30.2 Å². The molecule has 140 valence electrons. The van der Waals surface area contributed by atoms with Crippen molar-refractivity contribution in [1.82, 2.24) is 4.90 Å². The second-order valence-corrected chi connectivity index (χ2v) is 8.25. The van der Waals surface area contributed by atoms with E-state index in [1.165, 1.54) is 0 Å². The second-order valence-electron chi connectivity index (χ2n) is 8.25. The molecule has 1 fully saturated rings.